The van der Waals surface area contributed by atoms with Crippen LogP contribution in [0.25, 0.3) is 5.70 Å². The van der Waals surface area contributed by atoms with E-state index in [2.05, 4.69) is 49.7 Å². The molecule has 2 rings (SSSR count). The van der Waals surface area contributed by atoms with Crippen LogP contribution >= 0.6 is 0 Å². The van der Waals surface area contributed by atoms with Crippen LogP contribution in [0.4, 0.5) is 0 Å². The van der Waals surface area contributed by atoms with Gasteiger partial charge in [0, 0.05) is 0 Å². The minimum atomic E-state index is 0.558. The smallest absolute Gasteiger partial charge is 0.100 e. The normalized spacial score (nSPS) is 11.4. The summed E-state index contributed by atoms with van der Waals surface area (Å²) >= 11 is 0. The lowest BCUT2D eigenvalue weighted by molar-refractivity contribution is 0.0639. The molecule has 0 amide bonds. The van der Waals surface area contributed by atoms with Crippen molar-refractivity contribution in [1.82, 2.24) is 5.48 Å². The van der Waals surface area contributed by atoms with Gasteiger partial charge in [-0.05, 0) is 43.0 Å². The fourth-order valence-corrected chi connectivity index (χ4v) is 2.16. The lowest BCUT2D eigenvalue weighted by atomic mass is 10.0. The zero-order chi connectivity index (χ0) is 14.4. The largest absolute Gasteiger partial charge is 0.271 e. The standard InChI is InChI=1S/C18H21NO/c1-4-18(16-11-6-5-7-12-16)19-20-13-17-14(2)9-8-10-15(17)3/h4-12,19H,13H2,1-3H3/b18-4+. The SMILES string of the molecule is C/C=C(/NOCc1c(C)cccc1C)c1ccccc1. The molecule has 0 heterocycles. The third-order valence-electron chi connectivity index (χ3n) is 3.42. The van der Waals surface area contributed by atoms with Gasteiger partial charge in [-0.25, -0.2) is 0 Å². The minimum absolute atomic E-state index is 0.558. The quantitative estimate of drug-likeness (QED) is 0.811. The molecule has 0 aromatic heterocycles. The molecule has 0 unspecified atom stereocenters. The molecule has 2 aromatic carbocycles. The van der Waals surface area contributed by atoms with Crippen LogP contribution in [0.1, 0.15) is 29.2 Å². The first-order valence-corrected chi connectivity index (χ1v) is 6.87. The van der Waals surface area contributed by atoms with Gasteiger partial charge in [0.1, 0.15) is 6.61 Å². The summed E-state index contributed by atoms with van der Waals surface area (Å²) in [6.07, 6.45) is 2.01. The summed E-state index contributed by atoms with van der Waals surface area (Å²) in [5, 5.41) is 0. The second-order valence-corrected chi connectivity index (χ2v) is 4.83. The molecule has 2 aromatic rings. The molecule has 0 saturated heterocycles. The van der Waals surface area contributed by atoms with Crippen LogP contribution in [0.3, 0.4) is 0 Å². The van der Waals surface area contributed by atoms with Crippen molar-refractivity contribution in [3.63, 3.8) is 0 Å². The van der Waals surface area contributed by atoms with Gasteiger partial charge in [-0.3, -0.25) is 10.3 Å². The van der Waals surface area contributed by atoms with Crippen LogP contribution < -0.4 is 5.48 Å². The molecular weight excluding hydrogens is 246 g/mol. The van der Waals surface area contributed by atoms with Crippen LogP contribution in [-0.2, 0) is 11.4 Å². The van der Waals surface area contributed by atoms with Gasteiger partial charge in [-0.15, -0.1) is 0 Å². The van der Waals surface area contributed by atoms with Crippen molar-refractivity contribution in [2.75, 3.05) is 0 Å². The Balaban J connectivity index is 1.99. The molecule has 0 saturated carbocycles. The average Bonchev–Trinajstić information content (AvgIpc) is 2.47. The van der Waals surface area contributed by atoms with Gasteiger partial charge >= 0.3 is 0 Å². The van der Waals surface area contributed by atoms with E-state index in [1.54, 1.807) is 0 Å². The molecule has 0 spiro atoms. The molecule has 1 N–H and O–H groups in total. The highest BCUT2D eigenvalue weighted by Crippen LogP contribution is 2.15. The van der Waals surface area contributed by atoms with Gasteiger partial charge in [0.15, 0.2) is 0 Å². The van der Waals surface area contributed by atoms with Crippen LogP contribution in [0.5, 0.6) is 0 Å². The lowest BCUT2D eigenvalue weighted by Gasteiger charge is -2.13. The molecule has 0 atom stereocenters. The molecule has 0 radical (unpaired) electrons. The maximum Gasteiger partial charge on any atom is 0.100 e. The summed E-state index contributed by atoms with van der Waals surface area (Å²) in [6.45, 7) is 6.78. The second kappa shape index (κ2) is 6.92. The van der Waals surface area contributed by atoms with Crippen LogP contribution in [0, 0.1) is 13.8 Å². The van der Waals surface area contributed by atoms with E-state index < -0.39 is 0 Å². The number of allylic oxidation sites excluding steroid dienone is 1. The highest BCUT2D eigenvalue weighted by atomic mass is 16.6. The average molecular weight is 267 g/mol. The van der Waals surface area contributed by atoms with E-state index in [4.69, 9.17) is 4.84 Å². The van der Waals surface area contributed by atoms with Crippen molar-refractivity contribution < 1.29 is 4.84 Å². The molecule has 2 nitrogen and oxygen atoms in total. The number of hydrogen-bond acceptors (Lipinski definition) is 2. The summed E-state index contributed by atoms with van der Waals surface area (Å²) in [6, 6.07) is 16.5. The Labute approximate surface area is 121 Å². The summed E-state index contributed by atoms with van der Waals surface area (Å²) in [4.78, 5) is 5.67. The topological polar surface area (TPSA) is 21.3 Å². The molecule has 0 aliphatic rings. The molecule has 0 bridgehead atoms. The number of benzene rings is 2. The van der Waals surface area contributed by atoms with Crippen molar-refractivity contribution in [3.05, 3.63) is 76.9 Å². The zero-order valence-corrected chi connectivity index (χ0v) is 12.3. The number of rotatable bonds is 5. The van der Waals surface area contributed by atoms with Gasteiger partial charge in [0.05, 0.1) is 5.70 Å². The van der Waals surface area contributed by atoms with Crippen molar-refractivity contribution >= 4 is 5.70 Å². The molecule has 0 aliphatic heterocycles. The predicted molar refractivity (Wildman–Crippen MR) is 83.9 cm³/mol. The van der Waals surface area contributed by atoms with E-state index in [1.165, 1.54) is 16.7 Å². The summed E-state index contributed by atoms with van der Waals surface area (Å²) < 4.78 is 0. The maximum atomic E-state index is 5.67. The predicted octanol–water partition coefficient (Wildman–Crippen LogP) is 4.39. The highest BCUT2D eigenvalue weighted by molar-refractivity contribution is 5.62. The maximum absolute atomic E-state index is 5.67. The highest BCUT2D eigenvalue weighted by Gasteiger charge is 2.04. The lowest BCUT2D eigenvalue weighted by Crippen LogP contribution is -2.13. The van der Waals surface area contributed by atoms with Gasteiger partial charge in [-0.1, -0.05) is 54.6 Å². The number of hydrogen-bond donors (Lipinski definition) is 1. The van der Waals surface area contributed by atoms with Gasteiger partial charge in [-0.2, -0.15) is 0 Å². The first kappa shape index (κ1) is 14.4. The molecular formula is C18H21NO. The third-order valence-corrected chi connectivity index (χ3v) is 3.42. The van der Waals surface area contributed by atoms with Crippen molar-refractivity contribution in [2.45, 2.75) is 27.4 Å². The molecule has 0 aliphatic carbocycles. The van der Waals surface area contributed by atoms with Crippen molar-refractivity contribution in [1.29, 1.82) is 0 Å². The Morgan fingerprint density at radius 1 is 1.00 bits per heavy atom. The first-order chi connectivity index (χ1) is 9.72. The fourth-order valence-electron chi connectivity index (χ4n) is 2.16. The first-order valence-electron chi connectivity index (χ1n) is 6.87. The number of nitrogens with one attached hydrogen (secondary N) is 1. The molecule has 0 fully saturated rings. The van der Waals surface area contributed by atoms with Crippen LogP contribution in [0.15, 0.2) is 54.6 Å². The van der Waals surface area contributed by atoms with Crippen molar-refractivity contribution in [2.24, 2.45) is 0 Å². The monoisotopic (exact) mass is 267 g/mol. The second-order valence-electron chi connectivity index (χ2n) is 4.83. The summed E-state index contributed by atoms with van der Waals surface area (Å²) in [5.41, 5.74) is 8.91. The minimum Gasteiger partial charge on any atom is -0.271 e. The Kier molecular flexibility index (Phi) is 4.97. The number of aryl methyl sites for hydroxylation is 2. The van der Waals surface area contributed by atoms with E-state index in [-0.39, 0.29) is 0 Å². The van der Waals surface area contributed by atoms with Crippen LogP contribution in [0.2, 0.25) is 0 Å². The summed E-state index contributed by atoms with van der Waals surface area (Å²) in [5.74, 6) is 0. The fraction of sp³-hybridized carbons (Fsp3) is 0.222. The van der Waals surface area contributed by atoms with E-state index in [0.717, 1.165) is 11.3 Å². The van der Waals surface area contributed by atoms with Crippen LogP contribution in [-0.4, -0.2) is 0 Å². The van der Waals surface area contributed by atoms with Gasteiger partial charge < -0.3 is 0 Å². The Morgan fingerprint density at radius 2 is 1.65 bits per heavy atom. The van der Waals surface area contributed by atoms with E-state index >= 15 is 0 Å². The van der Waals surface area contributed by atoms with E-state index in [0.29, 0.717) is 6.61 Å². The van der Waals surface area contributed by atoms with Gasteiger partial charge in [0.25, 0.3) is 0 Å². The Bertz CT molecular complexity index is 567. The van der Waals surface area contributed by atoms with E-state index in [1.807, 2.05) is 31.2 Å². The number of hydroxylamine groups is 1. The molecule has 2 heteroatoms. The molecule has 20 heavy (non-hydrogen) atoms. The summed E-state index contributed by atoms with van der Waals surface area (Å²) in [7, 11) is 0. The Morgan fingerprint density at radius 3 is 2.25 bits per heavy atom. The van der Waals surface area contributed by atoms with E-state index in [9.17, 15) is 0 Å². The van der Waals surface area contributed by atoms with Gasteiger partial charge in [0.2, 0.25) is 0 Å². The Hall–Kier alpha value is -2.06. The molecule has 104 valence electrons. The van der Waals surface area contributed by atoms with Crippen molar-refractivity contribution in [3.8, 4) is 0 Å². The third kappa shape index (κ3) is 3.49. The zero-order valence-electron chi connectivity index (χ0n) is 12.3.